The van der Waals surface area contributed by atoms with Gasteiger partial charge >= 0.3 is 5.76 Å². The van der Waals surface area contributed by atoms with Gasteiger partial charge in [0.2, 0.25) is 5.89 Å². The Bertz CT molecular complexity index is 1730. The Morgan fingerprint density at radius 3 is 2.28 bits per heavy atom. The third kappa shape index (κ3) is 8.62. The number of carbonyl (C=O) groups is 1. The van der Waals surface area contributed by atoms with Crippen LogP contribution in [0.1, 0.15) is 87.9 Å². The van der Waals surface area contributed by atoms with Crippen LogP contribution in [0.4, 0.5) is 0 Å². The molecular formula is C35H41Cl2N3O6. The molecule has 46 heavy (non-hydrogen) atoms. The number of aryl methyl sites for hydroxylation is 3. The number of oxime groups is 1. The van der Waals surface area contributed by atoms with Crippen molar-refractivity contribution in [3.05, 3.63) is 84.3 Å². The molecule has 0 aliphatic heterocycles. The minimum atomic E-state index is -0.642. The summed E-state index contributed by atoms with van der Waals surface area (Å²) < 4.78 is 11.6. The maximum absolute atomic E-state index is 12.7. The van der Waals surface area contributed by atoms with E-state index in [0.717, 1.165) is 4.68 Å². The first-order chi connectivity index (χ1) is 21.6. The number of aromatic nitrogens is 2. The van der Waals surface area contributed by atoms with Gasteiger partial charge in [0.25, 0.3) is 0 Å². The van der Waals surface area contributed by atoms with Crippen LogP contribution in [0.2, 0.25) is 10.0 Å². The van der Waals surface area contributed by atoms with E-state index in [2.05, 4.69) is 49.1 Å². The molecule has 2 aromatic carbocycles. The molecule has 1 N–H and O–H groups in total. The van der Waals surface area contributed by atoms with Crippen LogP contribution in [0.15, 0.2) is 50.0 Å². The summed E-state index contributed by atoms with van der Waals surface area (Å²) >= 11 is 12.2. The highest BCUT2D eigenvalue weighted by atomic mass is 35.5. The molecule has 0 saturated carbocycles. The molecule has 1 heterocycles. The van der Waals surface area contributed by atoms with E-state index in [1.807, 2.05) is 34.6 Å². The molecule has 1 atom stereocenters. The third-order valence-corrected chi connectivity index (χ3v) is 7.84. The fraction of sp³-hybridized carbons (Fsp3) is 0.429. The van der Waals surface area contributed by atoms with Gasteiger partial charge in [-0.05, 0) is 62.8 Å². The third-order valence-electron chi connectivity index (χ3n) is 7.24. The van der Waals surface area contributed by atoms with Crippen LogP contribution >= 0.6 is 23.2 Å². The first kappa shape index (κ1) is 36.5. The molecule has 1 aromatic heterocycles. The Morgan fingerprint density at radius 1 is 1.11 bits per heavy atom. The number of hydrogen-bond acceptors (Lipinski definition) is 8. The van der Waals surface area contributed by atoms with Crippen LogP contribution in [-0.2, 0) is 15.0 Å². The van der Waals surface area contributed by atoms with Crippen LogP contribution in [-0.4, -0.2) is 39.6 Å². The van der Waals surface area contributed by atoms with Gasteiger partial charge in [-0.1, -0.05) is 79.7 Å². The number of ether oxygens (including phenoxy) is 1. The van der Waals surface area contributed by atoms with Gasteiger partial charge in [0.1, 0.15) is 24.7 Å². The molecule has 246 valence electrons. The van der Waals surface area contributed by atoms with Crippen LogP contribution in [0.5, 0.6) is 5.75 Å². The topological polar surface area (TPSA) is 116 Å². The van der Waals surface area contributed by atoms with Crippen molar-refractivity contribution in [2.75, 3.05) is 13.2 Å². The van der Waals surface area contributed by atoms with E-state index in [1.165, 1.54) is 34.4 Å². The van der Waals surface area contributed by atoms with Crippen molar-refractivity contribution in [3.8, 4) is 23.8 Å². The second kappa shape index (κ2) is 15.5. The van der Waals surface area contributed by atoms with E-state index in [9.17, 15) is 14.7 Å². The second-order valence-electron chi connectivity index (χ2n) is 12.0. The second-order valence-corrected chi connectivity index (χ2v) is 12.8. The van der Waals surface area contributed by atoms with Gasteiger partial charge in [-0.3, -0.25) is 4.79 Å². The fourth-order valence-corrected chi connectivity index (χ4v) is 5.85. The van der Waals surface area contributed by atoms with Gasteiger partial charge in [0, 0.05) is 24.3 Å². The molecule has 0 fully saturated rings. The standard InChI is InChI=1S/C20H27NO3.C15H14Cl2N2O3/c1-6-16(21-24-7-2)20-17(22)10-15(11-18(20)23)19-13(4)8-12(3)9-14(19)5;1-5-6-21-12-8-11(9(16)7-10(12)17)19-14(20)22-13(18-19)15(2,3)4/h8-9,15,22H,6-7,10-11H2,1-5H3;1,7-8H,6H2,2-4H3/b21-16+;. The summed E-state index contributed by atoms with van der Waals surface area (Å²) in [5, 5.41) is 19.2. The lowest BCUT2D eigenvalue weighted by Crippen LogP contribution is -2.24. The lowest BCUT2D eigenvalue weighted by atomic mass is 9.78. The zero-order valence-electron chi connectivity index (χ0n) is 27.6. The summed E-state index contributed by atoms with van der Waals surface area (Å²) in [4.78, 5) is 29.8. The van der Waals surface area contributed by atoms with Crippen molar-refractivity contribution >= 4 is 34.7 Å². The maximum atomic E-state index is 12.7. The molecule has 0 bridgehead atoms. The average Bonchev–Trinajstić information content (AvgIpc) is 3.35. The largest absolute Gasteiger partial charge is 0.511 e. The molecule has 0 spiro atoms. The number of terminal acetylenes is 1. The van der Waals surface area contributed by atoms with Crippen LogP contribution < -0.4 is 10.5 Å². The van der Waals surface area contributed by atoms with Crippen molar-refractivity contribution < 1.29 is 23.9 Å². The molecule has 11 heteroatoms. The van der Waals surface area contributed by atoms with Gasteiger partial charge in [-0.15, -0.1) is 11.5 Å². The number of ketones is 1. The zero-order chi connectivity index (χ0) is 34.3. The summed E-state index contributed by atoms with van der Waals surface area (Å²) in [6.45, 7) is 16.1. The van der Waals surface area contributed by atoms with E-state index in [0.29, 0.717) is 54.5 Å². The molecule has 9 nitrogen and oxygen atoms in total. The summed E-state index contributed by atoms with van der Waals surface area (Å²) in [6, 6.07) is 7.23. The highest BCUT2D eigenvalue weighted by Crippen LogP contribution is 2.38. The fourth-order valence-electron chi connectivity index (χ4n) is 5.33. The van der Waals surface area contributed by atoms with Crippen molar-refractivity contribution in [2.24, 2.45) is 5.16 Å². The van der Waals surface area contributed by atoms with Gasteiger partial charge < -0.3 is 19.1 Å². The van der Waals surface area contributed by atoms with Crippen molar-refractivity contribution in [2.45, 2.75) is 86.0 Å². The molecule has 1 aliphatic rings. The number of halogens is 2. The van der Waals surface area contributed by atoms with Crippen LogP contribution in [0, 0.1) is 33.1 Å². The number of allylic oxidation sites excluding steroid dienone is 2. The van der Waals surface area contributed by atoms with E-state index in [-0.39, 0.29) is 34.1 Å². The van der Waals surface area contributed by atoms with E-state index in [1.54, 1.807) is 0 Å². The SMILES string of the molecule is C#CCOc1cc(-n2nc(C(C)(C)C)oc2=O)c(Cl)cc1Cl.CCO/N=C(\CC)C1=C(O)CC(c2c(C)cc(C)cc2C)CC1=O. The minimum absolute atomic E-state index is 0.0204. The Morgan fingerprint density at radius 2 is 1.76 bits per heavy atom. The smallest absolute Gasteiger partial charge is 0.442 e. The summed E-state index contributed by atoms with van der Waals surface area (Å²) in [7, 11) is 0. The zero-order valence-corrected chi connectivity index (χ0v) is 29.1. The summed E-state index contributed by atoms with van der Waals surface area (Å²) in [5.41, 5.74) is 5.54. The van der Waals surface area contributed by atoms with Gasteiger partial charge in [0.15, 0.2) is 5.78 Å². The molecule has 1 aliphatic carbocycles. The van der Waals surface area contributed by atoms with Crippen LogP contribution in [0.3, 0.4) is 0 Å². The number of aliphatic hydroxyl groups is 1. The number of nitrogens with zero attached hydrogens (tertiary/aromatic N) is 3. The lowest BCUT2D eigenvalue weighted by molar-refractivity contribution is -0.116. The summed E-state index contributed by atoms with van der Waals surface area (Å²) in [6.07, 6.45) is 6.58. The van der Waals surface area contributed by atoms with Crippen LogP contribution in [0.25, 0.3) is 5.69 Å². The lowest BCUT2D eigenvalue weighted by Gasteiger charge is -2.27. The van der Waals surface area contributed by atoms with Crippen molar-refractivity contribution in [1.82, 2.24) is 9.78 Å². The first-order valence-electron chi connectivity index (χ1n) is 15.0. The average molecular weight is 671 g/mol. The summed E-state index contributed by atoms with van der Waals surface area (Å²) in [5.74, 6) is 2.41. The van der Waals surface area contributed by atoms with Gasteiger partial charge in [-0.2, -0.15) is 4.68 Å². The molecular weight excluding hydrogens is 629 g/mol. The number of Topliss-reactive ketones (excluding diaryl/α,β-unsaturated/α-hetero) is 1. The van der Waals surface area contributed by atoms with E-state index < -0.39 is 11.2 Å². The van der Waals surface area contributed by atoms with Crippen molar-refractivity contribution in [1.29, 1.82) is 0 Å². The monoisotopic (exact) mass is 669 g/mol. The molecule has 0 amide bonds. The highest BCUT2D eigenvalue weighted by molar-refractivity contribution is 6.36. The predicted molar refractivity (Wildman–Crippen MR) is 182 cm³/mol. The number of carbonyl (C=O) groups excluding carboxylic acids is 1. The van der Waals surface area contributed by atoms with E-state index in [4.69, 9.17) is 43.6 Å². The number of rotatable bonds is 8. The Balaban J connectivity index is 0.000000251. The Kier molecular flexibility index (Phi) is 12.3. The quantitative estimate of drug-likeness (QED) is 0.146. The highest BCUT2D eigenvalue weighted by Gasteiger charge is 2.32. The minimum Gasteiger partial charge on any atom is -0.511 e. The number of hydrogen-bond donors (Lipinski definition) is 1. The number of aliphatic hydroxyl groups excluding tert-OH is 1. The molecule has 1 unspecified atom stereocenters. The number of benzene rings is 2. The van der Waals surface area contributed by atoms with Crippen molar-refractivity contribution in [3.63, 3.8) is 0 Å². The predicted octanol–water partition coefficient (Wildman–Crippen LogP) is 8.11. The van der Waals surface area contributed by atoms with E-state index >= 15 is 0 Å². The molecule has 0 radical (unpaired) electrons. The maximum Gasteiger partial charge on any atom is 0.442 e. The molecule has 4 rings (SSSR count). The first-order valence-corrected chi connectivity index (χ1v) is 15.8. The van der Waals surface area contributed by atoms with Gasteiger partial charge in [-0.25, -0.2) is 4.79 Å². The molecule has 3 aromatic rings. The Hall–Kier alpha value is -4.00. The Labute approximate surface area is 280 Å². The normalized spacial score (nSPS) is 15.3. The molecule has 0 saturated heterocycles. The van der Waals surface area contributed by atoms with Gasteiger partial charge in [0.05, 0.1) is 27.0 Å².